The van der Waals surface area contributed by atoms with Crippen molar-refractivity contribution < 1.29 is 4.52 Å². The van der Waals surface area contributed by atoms with E-state index in [-0.39, 0.29) is 12.4 Å². The third-order valence-corrected chi connectivity index (χ3v) is 4.36. The number of nitrogens with two attached hydrogens (primary N) is 1. The molecule has 2 aromatic rings. The Labute approximate surface area is 137 Å². The zero-order valence-electron chi connectivity index (χ0n) is 13.0. The lowest BCUT2D eigenvalue weighted by Crippen LogP contribution is -2.27. The molecule has 6 heteroatoms. The van der Waals surface area contributed by atoms with E-state index in [9.17, 15) is 0 Å². The van der Waals surface area contributed by atoms with Gasteiger partial charge in [-0.05, 0) is 37.3 Å². The van der Waals surface area contributed by atoms with Gasteiger partial charge in [-0.2, -0.15) is 4.98 Å². The van der Waals surface area contributed by atoms with Crippen LogP contribution in [0.4, 0.5) is 0 Å². The van der Waals surface area contributed by atoms with Gasteiger partial charge >= 0.3 is 0 Å². The van der Waals surface area contributed by atoms with E-state index in [4.69, 9.17) is 10.3 Å². The molecule has 2 atom stereocenters. The van der Waals surface area contributed by atoms with Gasteiger partial charge in [0.1, 0.15) is 0 Å². The van der Waals surface area contributed by atoms with Crippen molar-refractivity contribution in [2.75, 3.05) is 6.54 Å². The molecule has 2 N–H and O–H groups in total. The maximum Gasteiger partial charge on any atom is 0.240 e. The molecule has 1 aromatic heterocycles. The van der Waals surface area contributed by atoms with E-state index in [0.29, 0.717) is 24.4 Å². The van der Waals surface area contributed by atoms with Crippen molar-refractivity contribution in [3.05, 3.63) is 47.1 Å². The van der Waals surface area contributed by atoms with Gasteiger partial charge in [0.15, 0.2) is 5.82 Å². The maximum atomic E-state index is 5.50. The highest BCUT2D eigenvalue weighted by Crippen LogP contribution is 2.33. The molecule has 1 saturated heterocycles. The van der Waals surface area contributed by atoms with Gasteiger partial charge in [-0.1, -0.05) is 29.4 Å². The number of benzene rings is 1. The van der Waals surface area contributed by atoms with E-state index in [1.54, 1.807) is 0 Å². The van der Waals surface area contributed by atoms with Crippen LogP contribution in [0.15, 0.2) is 28.8 Å². The van der Waals surface area contributed by atoms with Crippen LogP contribution in [0.2, 0.25) is 0 Å². The average Bonchev–Trinajstić information content (AvgIpc) is 3.07. The zero-order valence-corrected chi connectivity index (χ0v) is 13.8. The Morgan fingerprint density at radius 2 is 2.14 bits per heavy atom. The molecule has 0 spiro atoms. The van der Waals surface area contributed by atoms with Crippen molar-refractivity contribution in [2.45, 2.75) is 45.3 Å². The molecule has 0 radical (unpaired) electrons. The number of aryl methyl sites for hydroxylation is 1. The summed E-state index contributed by atoms with van der Waals surface area (Å²) in [5.74, 6) is 1.82. The van der Waals surface area contributed by atoms with Gasteiger partial charge in [-0.25, -0.2) is 0 Å². The molecule has 0 bridgehead atoms. The summed E-state index contributed by atoms with van der Waals surface area (Å²) in [4.78, 5) is 6.72. The quantitative estimate of drug-likeness (QED) is 0.937. The second-order valence-corrected chi connectivity index (χ2v) is 5.88. The number of rotatable bonds is 4. The Hall–Kier alpha value is -1.43. The predicted molar refractivity (Wildman–Crippen MR) is 87.8 cm³/mol. The second kappa shape index (κ2) is 7.22. The molecular formula is C16H23ClN4O. The first kappa shape index (κ1) is 16.9. The Morgan fingerprint density at radius 3 is 2.82 bits per heavy atom. The molecule has 2 heterocycles. The molecule has 3 rings (SSSR count). The molecule has 2 unspecified atom stereocenters. The van der Waals surface area contributed by atoms with Gasteiger partial charge < -0.3 is 10.3 Å². The minimum atomic E-state index is 0. The van der Waals surface area contributed by atoms with Crippen molar-refractivity contribution in [1.29, 1.82) is 0 Å². The summed E-state index contributed by atoms with van der Waals surface area (Å²) >= 11 is 0. The van der Waals surface area contributed by atoms with Crippen molar-refractivity contribution >= 4 is 12.4 Å². The molecule has 120 valence electrons. The van der Waals surface area contributed by atoms with Gasteiger partial charge in [0, 0.05) is 12.6 Å². The van der Waals surface area contributed by atoms with Crippen LogP contribution in [0.5, 0.6) is 0 Å². The van der Waals surface area contributed by atoms with Crippen LogP contribution in [0, 0.1) is 6.92 Å². The highest BCUT2D eigenvalue weighted by Gasteiger charge is 2.31. The van der Waals surface area contributed by atoms with E-state index >= 15 is 0 Å². The summed E-state index contributed by atoms with van der Waals surface area (Å²) in [5.41, 5.74) is 8.34. The molecule has 0 amide bonds. The average molecular weight is 323 g/mol. The van der Waals surface area contributed by atoms with Gasteiger partial charge in [-0.3, -0.25) is 4.90 Å². The van der Waals surface area contributed by atoms with Crippen LogP contribution in [-0.4, -0.2) is 27.6 Å². The molecule has 22 heavy (non-hydrogen) atoms. The van der Waals surface area contributed by atoms with Gasteiger partial charge in [0.25, 0.3) is 0 Å². The van der Waals surface area contributed by atoms with Gasteiger partial charge in [-0.15, -0.1) is 12.4 Å². The first-order chi connectivity index (χ1) is 10.2. The highest BCUT2D eigenvalue weighted by molar-refractivity contribution is 5.85. The number of likely N-dealkylation sites (tertiary alicyclic amines) is 1. The third kappa shape index (κ3) is 3.48. The number of aromatic nitrogens is 2. The van der Waals surface area contributed by atoms with E-state index in [2.05, 4.69) is 53.2 Å². The first-order valence-corrected chi connectivity index (χ1v) is 7.48. The van der Waals surface area contributed by atoms with Crippen molar-refractivity contribution in [2.24, 2.45) is 5.73 Å². The Bertz CT molecular complexity index is 616. The third-order valence-electron chi connectivity index (χ3n) is 4.36. The Kier molecular flexibility index (Phi) is 5.56. The fourth-order valence-corrected chi connectivity index (χ4v) is 3.21. The van der Waals surface area contributed by atoms with Gasteiger partial charge in [0.2, 0.25) is 5.89 Å². The lowest BCUT2D eigenvalue weighted by atomic mass is 9.93. The largest absolute Gasteiger partial charge is 0.338 e. The van der Waals surface area contributed by atoms with Crippen molar-refractivity contribution in [3.63, 3.8) is 0 Å². The van der Waals surface area contributed by atoms with E-state index in [1.807, 2.05) is 0 Å². The molecule has 1 aliphatic rings. The van der Waals surface area contributed by atoms with E-state index in [0.717, 1.165) is 18.9 Å². The topological polar surface area (TPSA) is 68.2 Å². The lowest BCUT2D eigenvalue weighted by molar-refractivity contribution is 0.247. The standard InChI is InChI=1S/C16H22N4O.ClH/c1-11-5-3-4-6-14(11)13-7-12(2)20(9-13)10-15-18-16(8-17)21-19-15;/h3-6,12-13H,7-10,17H2,1-2H3;1H. The van der Waals surface area contributed by atoms with Crippen LogP contribution in [0.25, 0.3) is 0 Å². The second-order valence-electron chi connectivity index (χ2n) is 5.88. The fourth-order valence-electron chi connectivity index (χ4n) is 3.21. The van der Waals surface area contributed by atoms with Crippen LogP contribution >= 0.6 is 12.4 Å². The maximum absolute atomic E-state index is 5.50. The molecular weight excluding hydrogens is 300 g/mol. The Morgan fingerprint density at radius 1 is 1.36 bits per heavy atom. The normalized spacial score (nSPS) is 21.8. The summed E-state index contributed by atoms with van der Waals surface area (Å²) in [7, 11) is 0. The van der Waals surface area contributed by atoms with Crippen LogP contribution in [0.3, 0.4) is 0 Å². The summed E-state index contributed by atoms with van der Waals surface area (Å²) in [6.07, 6.45) is 1.17. The van der Waals surface area contributed by atoms with Crippen LogP contribution < -0.4 is 5.73 Å². The van der Waals surface area contributed by atoms with E-state index < -0.39 is 0 Å². The first-order valence-electron chi connectivity index (χ1n) is 7.48. The minimum absolute atomic E-state index is 0. The van der Waals surface area contributed by atoms with E-state index in [1.165, 1.54) is 17.5 Å². The lowest BCUT2D eigenvalue weighted by Gasteiger charge is -2.18. The summed E-state index contributed by atoms with van der Waals surface area (Å²) < 4.78 is 5.08. The monoisotopic (exact) mass is 322 g/mol. The molecule has 0 saturated carbocycles. The molecule has 5 nitrogen and oxygen atoms in total. The number of hydrogen-bond donors (Lipinski definition) is 1. The van der Waals surface area contributed by atoms with Crippen LogP contribution in [0.1, 0.15) is 42.1 Å². The summed E-state index contributed by atoms with van der Waals surface area (Å²) in [5, 5.41) is 3.99. The molecule has 1 fully saturated rings. The number of hydrogen-bond acceptors (Lipinski definition) is 5. The summed E-state index contributed by atoms with van der Waals surface area (Å²) in [6.45, 7) is 6.53. The predicted octanol–water partition coefficient (Wildman–Crippen LogP) is 2.64. The van der Waals surface area contributed by atoms with Crippen LogP contribution in [-0.2, 0) is 13.1 Å². The molecule has 0 aliphatic carbocycles. The Balaban J connectivity index is 0.00000176. The smallest absolute Gasteiger partial charge is 0.240 e. The van der Waals surface area contributed by atoms with Gasteiger partial charge in [0.05, 0.1) is 13.1 Å². The summed E-state index contributed by atoms with van der Waals surface area (Å²) in [6, 6.07) is 9.19. The number of nitrogens with zero attached hydrogens (tertiary/aromatic N) is 3. The number of halogens is 1. The van der Waals surface area contributed by atoms with Crippen molar-refractivity contribution in [3.8, 4) is 0 Å². The molecule has 1 aliphatic heterocycles. The fraction of sp³-hybridized carbons (Fsp3) is 0.500. The molecule has 1 aromatic carbocycles. The minimum Gasteiger partial charge on any atom is -0.338 e. The zero-order chi connectivity index (χ0) is 14.8. The highest BCUT2D eigenvalue weighted by atomic mass is 35.5. The SMILES string of the molecule is Cc1ccccc1C1CC(C)N(Cc2noc(CN)n2)C1.Cl. The van der Waals surface area contributed by atoms with Crippen molar-refractivity contribution in [1.82, 2.24) is 15.0 Å².